The van der Waals surface area contributed by atoms with Crippen molar-refractivity contribution in [2.45, 2.75) is 19.9 Å². The summed E-state index contributed by atoms with van der Waals surface area (Å²) in [6.07, 6.45) is 1.78. The Morgan fingerprint density at radius 1 is 1.14 bits per heavy atom. The highest BCUT2D eigenvalue weighted by atomic mass is 16.5. The van der Waals surface area contributed by atoms with E-state index in [9.17, 15) is 4.79 Å². The molecular formula is C16H20N2O3. The summed E-state index contributed by atoms with van der Waals surface area (Å²) in [5.74, 6) is 1.29. The van der Waals surface area contributed by atoms with Crippen LogP contribution in [0.4, 0.5) is 0 Å². The number of hydrogen-bond donors (Lipinski definition) is 1. The van der Waals surface area contributed by atoms with E-state index in [2.05, 4.69) is 0 Å². The molecule has 0 bridgehead atoms. The highest BCUT2D eigenvalue weighted by molar-refractivity contribution is 5.49. The van der Waals surface area contributed by atoms with E-state index in [-0.39, 0.29) is 11.5 Å². The van der Waals surface area contributed by atoms with Crippen LogP contribution in [-0.2, 0) is 0 Å². The van der Waals surface area contributed by atoms with E-state index in [1.54, 1.807) is 33.4 Å². The van der Waals surface area contributed by atoms with E-state index in [1.165, 1.54) is 0 Å². The van der Waals surface area contributed by atoms with Gasteiger partial charge in [-0.25, -0.2) is 0 Å². The van der Waals surface area contributed by atoms with Gasteiger partial charge in [-0.1, -0.05) is 0 Å². The van der Waals surface area contributed by atoms with Crippen LogP contribution in [0.1, 0.15) is 24.2 Å². The van der Waals surface area contributed by atoms with Crippen molar-refractivity contribution in [3.05, 3.63) is 51.9 Å². The first-order chi connectivity index (χ1) is 9.97. The fourth-order valence-electron chi connectivity index (χ4n) is 2.24. The number of nitrogens with two attached hydrogens (primary N) is 1. The molecule has 0 saturated heterocycles. The Hall–Kier alpha value is -2.27. The molecule has 0 aliphatic heterocycles. The van der Waals surface area contributed by atoms with Gasteiger partial charge in [0.25, 0.3) is 0 Å². The molecule has 0 aliphatic rings. The molecule has 21 heavy (non-hydrogen) atoms. The monoisotopic (exact) mass is 288 g/mol. The van der Waals surface area contributed by atoms with Crippen LogP contribution in [0, 0.1) is 6.92 Å². The van der Waals surface area contributed by atoms with E-state index in [0.717, 1.165) is 11.4 Å². The summed E-state index contributed by atoms with van der Waals surface area (Å²) in [7, 11) is 3.18. The lowest BCUT2D eigenvalue weighted by Crippen LogP contribution is -2.20. The molecule has 0 spiro atoms. The normalized spacial score (nSPS) is 12.0. The van der Waals surface area contributed by atoms with E-state index in [0.29, 0.717) is 17.1 Å². The Bertz CT molecular complexity index is 705. The fourth-order valence-corrected chi connectivity index (χ4v) is 2.24. The van der Waals surface area contributed by atoms with Gasteiger partial charge in [-0.2, -0.15) is 0 Å². The van der Waals surface area contributed by atoms with Gasteiger partial charge in [0.05, 0.1) is 14.2 Å². The van der Waals surface area contributed by atoms with Crippen LogP contribution < -0.4 is 20.6 Å². The molecule has 1 atom stereocenters. The second-order valence-corrected chi connectivity index (χ2v) is 4.93. The zero-order valence-corrected chi connectivity index (χ0v) is 12.7. The number of aromatic nitrogens is 1. The summed E-state index contributed by atoms with van der Waals surface area (Å²) in [4.78, 5) is 12.0. The van der Waals surface area contributed by atoms with Gasteiger partial charge in [0.2, 0.25) is 0 Å². The van der Waals surface area contributed by atoms with Gasteiger partial charge in [-0.05, 0) is 26.0 Å². The smallest absolute Gasteiger partial charge is 0.186 e. The second kappa shape index (κ2) is 6.01. The fraction of sp³-hybridized carbons (Fsp3) is 0.312. The number of benzene rings is 1. The van der Waals surface area contributed by atoms with Gasteiger partial charge in [0.1, 0.15) is 0 Å². The summed E-state index contributed by atoms with van der Waals surface area (Å²) < 4.78 is 12.5. The van der Waals surface area contributed by atoms with Gasteiger partial charge in [-0.15, -0.1) is 0 Å². The van der Waals surface area contributed by atoms with Crippen molar-refractivity contribution < 1.29 is 9.47 Å². The minimum absolute atomic E-state index is 0.0424. The second-order valence-electron chi connectivity index (χ2n) is 4.93. The first-order valence-corrected chi connectivity index (χ1v) is 6.69. The van der Waals surface area contributed by atoms with Crippen LogP contribution in [0.5, 0.6) is 11.5 Å². The minimum atomic E-state index is -0.315. The largest absolute Gasteiger partial charge is 0.493 e. The lowest BCUT2D eigenvalue weighted by Gasteiger charge is -2.16. The lowest BCUT2D eigenvalue weighted by molar-refractivity contribution is 0.355. The number of pyridine rings is 1. The highest BCUT2D eigenvalue weighted by Crippen LogP contribution is 2.29. The molecule has 1 aromatic carbocycles. The number of methoxy groups -OCH3 is 2. The van der Waals surface area contributed by atoms with Crippen molar-refractivity contribution in [3.8, 4) is 17.2 Å². The summed E-state index contributed by atoms with van der Waals surface area (Å²) in [6, 6.07) is 6.88. The van der Waals surface area contributed by atoms with Crippen LogP contribution in [0.3, 0.4) is 0 Å². The van der Waals surface area contributed by atoms with E-state index in [4.69, 9.17) is 15.2 Å². The Kier molecular flexibility index (Phi) is 4.33. The molecule has 5 nitrogen and oxygen atoms in total. The number of ether oxygens (including phenoxy) is 2. The van der Waals surface area contributed by atoms with Crippen LogP contribution in [0.2, 0.25) is 0 Å². The molecular weight excluding hydrogens is 268 g/mol. The Labute approximate surface area is 123 Å². The predicted octanol–water partition coefficient (Wildman–Crippen LogP) is 2.18. The third kappa shape index (κ3) is 2.92. The van der Waals surface area contributed by atoms with Crippen LogP contribution in [-0.4, -0.2) is 18.8 Å². The first-order valence-electron chi connectivity index (χ1n) is 6.69. The van der Waals surface area contributed by atoms with Crippen molar-refractivity contribution in [2.24, 2.45) is 5.73 Å². The number of hydrogen-bond acceptors (Lipinski definition) is 4. The summed E-state index contributed by atoms with van der Waals surface area (Å²) in [5, 5.41) is 0. The maximum Gasteiger partial charge on any atom is 0.186 e. The molecule has 112 valence electrons. The van der Waals surface area contributed by atoms with Crippen molar-refractivity contribution in [2.75, 3.05) is 14.2 Å². The zero-order chi connectivity index (χ0) is 15.6. The van der Waals surface area contributed by atoms with Crippen molar-refractivity contribution in [1.29, 1.82) is 0 Å². The predicted molar refractivity (Wildman–Crippen MR) is 82.5 cm³/mol. The number of aryl methyl sites for hydroxylation is 1. The molecule has 0 saturated carbocycles. The Morgan fingerprint density at radius 3 is 2.38 bits per heavy atom. The average Bonchev–Trinajstić information content (AvgIpc) is 2.46. The highest BCUT2D eigenvalue weighted by Gasteiger charge is 2.11. The molecule has 2 N–H and O–H groups in total. The lowest BCUT2D eigenvalue weighted by atomic mass is 10.1. The molecule has 0 radical (unpaired) electrons. The molecule has 5 heteroatoms. The van der Waals surface area contributed by atoms with Crippen LogP contribution in [0.25, 0.3) is 5.69 Å². The first kappa shape index (κ1) is 15.1. The van der Waals surface area contributed by atoms with Crippen molar-refractivity contribution in [3.63, 3.8) is 0 Å². The van der Waals surface area contributed by atoms with Gasteiger partial charge < -0.3 is 19.8 Å². The molecule has 0 fully saturated rings. The Balaban J connectivity index is 2.61. The standard InChI is InChI=1S/C16H20N2O3/c1-10-7-14(19)13(11(2)17)9-18(10)12-5-6-15(20-3)16(8-12)21-4/h5-9,11H,17H2,1-4H3. The van der Waals surface area contributed by atoms with Crippen LogP contribution >= 0.6 is 0 Å². The molecule has 1 aromatic heterocycles. The van der Waals surface area contributed by atoms with E-state index >= 15 is 0 Å². The average molecular weight is 288 g/mol. The number of nitrogens with zero attached hydrogens (tertiary/aromatic N) is 1. The molecule has 2 rings (SSSR count). The van der Waals surface area contributed by atoms with Gasteiger partial charge in [-0.3, -0.25) is 4.79 Å². The molecule has 2 aromatic rings. The number of rotatable bonds is 4. The third-order valence-electron chi connectivity index (χ3n) is 3.41. The topological polar surface area (TPSA) is 66.5 Å². The quantitative estimate of drug-likeness (QED) is 0.936. The summed E-state index contributed by atoms with van der Waals surface area (Å²) in [5.41, 5.74) is 8.10. The maximum absolute atomic E-state index is 12.0. The van der Waals surface area contributed by atoms with Crippen molar-refractivity contribution in [1.82, 2.24) is 4.57 Å². The van der Waals surface area contributed by atoms with Gasteiger partial charge >= 0.3 is 0 Å². The molecule has 0 aliphatic carbocycles. The van der Waals surface area contributed by atoms with Crippen molar-refractivity contribution >= 4 is 0 Å². The third-order valence-corrected chi connectivity index (χ3v) is 3.41. The maximum atomic E-state index is 12.0. The van der Waals surface area contributed by atoms with Crippen LogP contribution in [0.15, 0.2) is 35.3 Å². The zero-order valence-electron chi connectivity index (χ0n) is 12.7. The molecule has 1 heterocycles. The summed E-state index contributed by atoms with van der Waals surface area (Å²) in [6.45, 7) is 3.67. The van der Waals surface area contributed by atoms with Gasteiger partial charge in [0.15, 0.2) is 16.9 Å². The van der Waals surface area contributed by atoms with E-state index in [1.807, 2.05) is 29.7 Å². The minimum Gasteiger partial charge on any atom is -0.493 e. The summed E-state index contributed by atoms with van der Waals surface area (Å²) >= 11 is 0. The molecule has 0 amide bonds. The molecule has 1 unspecified atom stereocenters. The Morgan fingerprint density at radius 2 is 1.81 bits per heavy atom. The van der Waals surface area contributed by atoms with Gasteiger partial charge in [0, 0.05) is 41.3 Å². The van der Waals surface area contributed by atoms with E-state index < -0.39 is 0 Å². The SMILES string of the molecule is COc1ccc(-n2cc(C(C)N)c(=O)cc2C)cc1OC.